The molecule has 0 saturated carbocycles. The van der Waals surface area contributed by atoms with E-state index in [4.69, 9.17) is 0 Å². The zero-order chi connectivity index (χ0) is 15.8. The van der Waals surface area contributed by atoms with Crippen LogP contribution in [0, 0.1) is 0 Å². The molecule has 6 nitrogen and oxygen atoms in total. The molecule has 0 radical (unpaired) electrons. The first kappa shape index (κ1) is 14.0. The summed E-state index contributed by atoms with van der Waals surface area (Å²) >= 11 is 0. The summed E-state index contributed by atoms with van der Waals surface area (Å²) in [6.45, 7) is 0.745. The molecule has 2 aromatic rings. The highest BCUT2D eigenvalue weighted by Gasteiger charge is 2.32. The molecule has 0 fully saturated rings. The molecule has 3 heterocycles. The summed E-state index contributed by atoms with van der Waals surface area (Å²) in [5.74, 6) is 0.510. The van der Waals surface area contributed by atoms with E-state index in [9.17, 15) is 9.59 Å². The van der Waals surface area contributed by atoms with Gasteiger partial charge in [-0.25, -0.2) is 4.98 Å². The van der Waals surface area contributed by atoms with Crippen LogP contribution < -0.4 is 10.6 Å². The number of nitrogens with one attached hydrogen (secondary N) is 2. The summed E-state index contributed by atoms with van der Waals surface area (Å²) in [5.41, 5.74) is 1.73. The Balaban J connectivity index is 1.40. The summed E-state index contributed by atoms with van der Waals surface area (Å²) in [5, 5.41) is 5.89. The molecular weight excluding hydrogens is 292 g/mol. The zero-order valence-corrected chi connectivity index (χ0v) is 12.7. The number of carbonyl (C=O) groups is 2. The van der Waals surface area contributed by atoms with Crippen molar-refractivity contribution in [1.29, 1.82) is 0 Å². The second-order valence-corrected chi connectivity index (χ2v) is 6.13. The summed E-state index contributed by atoms with van der Waals surface area (Å²) < 4.78 is 2.08. The second-order valence-electron chi connectivity index (χ2n) is 6.13. The number of carbonyl (C=O) groups excluding carboxylic acids is 2. The molecule has 1 aromatic carbocycles. The molecular formula is C17H18N4O2. The van der Waals surface area contributed by atoms with Crippen LogP contribution in [0.3, 0.4) is 0 Å². The molecule has 2 N–H and O–H groups in total. The molecule has 23 heavy (non-hydrogen) atoms. The maximum atomic E-state index is 12.4. The predicted molar refractivity (Wildman–Crippen MR) is 84.9 cm³/mol. The lowest BCUT2D eigenvalue weighted by molar-refractivity contribution is -0.125. The number of amides is 2. The average Bonchev–Trinajstić information content (AvgIpc) is 3.12. The van der Waals surface area contributed by atoms with Crippen molar-refractivity contribution in [2.45, 2.75) is 37.8 Å². The van der Waals surface area contributed by atoms with E-state index in [0.29, 0.717) is 0 Å². The van der Waals surface area contributed by atoms with Gasteiger partial charge in [0.25, 0.3) is 0 Å². The van der Waals surface area contributed by atoms with Crippen LogP contribution >= 0.6 is 0 Å². The largest absolute Gasteiger partial charge is 0.352 e. The van der Waals surface area contributed by atoms with Gasteiger partial charge < -0.3 is 15.2 Å². The van der Waals surface area contributed by atoms with Crippen LogP contribution in [0.1, 0.15) is 30.1 Å². The van der Waals surface area contributed by atoms with E-state index in [0.717, 1.165) is 36.5 Å². The average molecular weight is 310 g/mol. The van der Waals surface area contributed by atoms with Crippen LogP contribution in [0.4, 0.5) is 5.69 Å². The maximum absolute atomic E-state index is 12.4. The first-order chi connectivity index (χ1) is 11.2. The number of nitrogens with zero attached hydrogens (tertiary/aromatic N) is 2. The number of hydrogen-bond acceptors (Lipinski definition) is 3. The number of aromatic nitrogens is 2. The van der Waals surface area contributed by atoms with E-state index >= 15 is 0 Å². The molecule has 118 valence electrons. The molecule has 0 saturated heterocycles. The number of para-hydroxylation sites is 1. The predicted octanol–water partition coefficient (Wildman–Crippen LogP) is 1.44. The minimum Gasteiger partial charge on any atom is -0.352 e. The highest BCUT2D eigenvalue weighted by molar-refractivity contribution is 6.04. The summed E-state index contributed by atoms with van der Waals surface area (Å²) in [4.78, 5) is 28.7. The third-order valence-electron chi connectivity index (χ3n) is 4.60. The zero-order valence-electron chi connectivity index (χ0n) is 12.7. The standard InChI is InChI=1S/C17H18N4O2/c22-16(19-11-5-6-15-18-7-8-21(15)10-11)9-13-12-3-1-2-4-14(12)20-17(13)23/h1-4,7-8,11,13H,5-6,9-10H2,(H,19,22)(H,20,23). The number of fused-ring (bicyclic) bond motifs is 2. The van der Waals surface area contributed by atoms with Crippen molar-refractivity contribution in [1.82, 2.24) is 14.9 Å². The van der Waals surface area contributed by atoms with Crippen LogP contribution in [0.2, 0.25) is 0 Å². The van der Waals surface area contributed by atoms with Crippen molar-refractivity contribution in [3.8, 4) is 0 Å². The molecule has 0 bridgehead atoms. The molecule has 1 aromatic heterocycles. The fourth-order valence-electron chi connectivity index (χ4n) is 3.43. The molecule has 2 aliphatic heterocycles. The SMILES string of the molecule is O=C(CC1C(=O)Nc2ccccc21)NC1CCc2nccn2C1. The first-order valence-corrected chi connectivity index (χ1v) is 7.90. The van der Waals surface area contributed by atoms with Gasteiger partial charge in [0.1, 0.15) is 5.82 Å². The van der Waals surface area contributed by atoms with Crippen LogP contribution in [-0.2, 0) is 22.6 Å². The number of anilines is 1. The Labute approximate surface area is 133 Å². The second kappa shape index (κ2) is 5.53. The number of aryl methyl sites for hydroxylation is 1. The van der Waals surface area contributed by atoms with Crippen LogP contribution in [0.15, 0.2) is 36.7 Å². The van der Waals surface area contributed by atoms with Crippen molar-refractivity contribution in [2.24, 2.45) is 0 Å². The van der Waals surface area contributed by atoms with E-state index in [1.54, 1.807) is 6.20 Å². The smallest absolute Gasteiger partial charge is 0.232 e. The Hall–Kier alpha value is -2.63. The molecule has 2 unspecified atom stereocenters. The van der Waals surface area contributed by atoms with E-state index in [1.807, 2.05) is 30.5 Å². The quantitative estimate of drug-likeness (QED) is 0.900. The number of rotatable bonds is 3. The monoisotopic (exact) mass is 310 g/mol. The molecule has 0 aliphatic carbocycles. The van der Waals surface area contributed by atoms with Gasteiger partial charge in [0.15, 0.2) is 0 Å². The Bertz CT molecular complexity index is 767. The summed E-state index contributed by atoms with van der Waals surface area (Å²) in [6, 6.07) is 7.65. The topological polar surface area (TPSA) is 76.0 Å². The molecule has 2 amide bonds. The fourth-order valence-corrected chi connectivity index (χ4v) is 3.43. The molecule has 2 aliphatic rings. The van der Waals surface area contributed by atoms with Gasteiger partial charge in [0.2, 0.25) is 11.8 Å². The van der Waals surface area contributed by atoms with Gasteiger partial charge in [0.05, 0.1) is 5.92 Å². The van der Waals surface area contributed by atoms with E-state index in [-0.39, 0.29) is 24.3 Å². The third-order valence-corrected chi connectivity index (χ3v) is 4.60. The lowest BCUT2D eigenvalue weighted by atomic mass is 9.96. The van der Waals surface area contributed by atoms with Gasteiger partial charge in [0, 0.05) is 43.5 Å². The van der Waals surface area contributed by atoms with Crippen molar-refractivity contribution >= 4 is 17.5 Å². The molecule has 6 heteroatoms. The van der Waals surface area contributed by atoms with Crippen molar-refractivity contribution in [3.63, 3.8) is 0 Å². The van der Waals surface area contributed by atoms with Crippen molar-refractivity contribution in [3.05, 3.63) is 48.0 Å². The fraction of sp³-hybridized carbons (Fsp3) is 0.353. The van der Waals surface area contributed by atoms with E-state index < -0.39 is 5.92 Å². The number of hydrogen-bond donors (Lipinski definition) is 2. The minimum absolute atomic E-state index is 0.0737. The van der Waals surface area contributed by atoms with Gasteiger partial charge in [-0.3, -0.25) is 9.59 Å². The van der Waals surface area contributed by atoms with Gasteiger partial charge in [-0.1, -0.05) is 18.2 Å². The lowest BCUT2D eigenvalue weighted by Gasteiger charge is -2.25. The summed E-state index contributed by atoms with van der Waals surface area (Å²) in [7, 11) is 0. The highest BCUT2D eigenvalue weighted by Crippen LogP contribution is 2.34. The summed E-state index contributed by atoms with van der Waals surface area (Å²) in [6.07, 6.45) is 5.67. The molecule has 4 rings (SSSR count). The van der Waals surface area contributed by atoms with Gasteiger partial charge in [-0.2, -0.15) is 0 Å². The Morgan fingerprint density at radius 3 is 3.17 bits per heavy atom. The highest BCUT2D eigenvalue weighted by atomic mass is 16.2. The minimum atomic E-state index is -0.390. The third kappa shape index (κ3) is 2.60. The number of imidazole rings is 1. The van der Waals surface area contributed by atoms with Crippen molar-refractivity contribution in [2.75, 3.05) is 5.32 Å². The Morgan fingerprint density at radius 1 is 1.39 bits per heavy atom. The normalized spacial score (nSPS) is 22.2. The van der Waals surface area contributed by atoms with Crippen LogP contribution in [-0.4, -0.2) is 27.4 Å². The van der Waals surface area contributed by atoms with Gasteiger partial charge in [-0.05, 0) is 18.1 Å². The maximum Gasteiger partial charge on any atom is 0.232 e. The van der Waals surface area contributed by atoms with E-state index in [2.05, 4.69) is 20.2 Å². The van der Waals surface area contributed by atoms with Gasteiger partial charge in [-0.15, -0.1) is 0 Å². The lowest BCUT2D eigenvalue weighted by Crippen LogP contribution is -2.41. The van der Waals surface area contributed by atoms with Crippen molar-refractivity contribution < 1.29 is 9.59 Å². The van der Waals surface area contributed by atoms with Gasteiger partial charge >= 0.3 is 0 Å². The molecule has 0 spiro atoms. The number of benzene rings is 1. The molecule has 2 atom stereocenters. The van der Waals surface area contributed by atoms with Crippen LogP contribution in [0.5, 0.6) is 0 Å². The Kier molecular flexibility index (Phi) is 3.37. The first-order valence-electron chi connectivity index (χ1n) is 7.90. The van der Waals surface area contributed by atoms with Crippen LogP contribution in [0.25, 0.3) is 0 Å². The van der Waals surface area contributed by atoms with E-state index in [1.165, 1.54) is 0 Å². The Morgan fingerprint density at radius 2 is 2.26 bits per heavy atom.